The molecule has 2 aromatic rings. The molecule has 10 heteroatoms. The van der Waals surface area contributed by atoms with Crippen LogP contribution in [-0.4, -0.2) is 71.0 Å². The lowest BCUT2D eigenvalue weighted by atomic mass is 10.1. The van der Waals surface area contributed by atoms with Crippen molar-refractivity contribution in [1.29, 1.82) is 0 Å². The second-order valence-electron chi connectivity index (χ2n) is 7.49. The molecular weight excluding hydrogens is 446 g/mol. The molecule has 2 N–H and O–H groups in total. The summed E-state index contributed by atoms with van der Waals surface area (Å²) >= 11 is 0. The molecule has 3 rings (SSSR count). The minimum Gasteiger partial charge on any atom is -0.497 e. The molecule has 0 bridgehead atoms. The molecule has 0 radical (unpaired) electrons. The van der Waals surface area contributed by atoms with Crippen molar-refractivity contribution in [3.63, 3.8) is 0 Å². The Morgan fingerprint density at radius 3 is 2.24 bits per heavy atom. The molecule has 2 amide bonds. The summed E-state index contributed by atoms with van der Waals surface area (Å²) in [7, 11) is -1.96. The zero-order chi connectivity index (χ0) is 23.7. The summed E-state index contributed by atoms with van der Waals surface area (Å²) in [5.74, 6) is 0.310. The number of nitrogens with one attached hydrogen (secondary N) is 2. The number of carbonyl (C=O) groups excluding carboxylic acids is 2. The predicted octanol–water partition coefficient (Wildman–Crippen LogP) is 1.19. The van der Waals surface area contributed by atoms with Crippen LogP contribution >= 0.6 is 0 Å². The SMILES string of the molecule is COc1ccc(C(=O)NCCNC(=O)CCc2ccc(S(=O)(=O)N3CCOCC3)cc2)cc1. The maximum absolute atomic E-state index is 12.6. The molecule has 0 spiro atoms. The smallest absolute Gasteiger partial charge is 0.251 e. The van der Waals surface area contributed by atoms with E-state index in [9.17, 15) is 18.0 Å². The van der Waals surface area contributed by atoms with E-state index in [2.05, 4.69) is 10.6 Å². The van der Waals surface area contributed by atoms with Gasteiger partial charge in [0.25, 0.3) is 5.91 Å². The lowest BCUT2D eigenvalue weighted by Crippen LogP contribution is -2.40. The summed E-state index contributed by atoms with van der Waals surface area (Å²) in [6.07, 6.45) is 0.754. The minimum atomic E-state index is -3.52. The number of ether oxygens (including phenoxy) is 2. The van der Waals surface area contributed by atoms with Crippen LogP contribution in [0.2, 0.25) is 0 Å². The molecule has 0 aliphatic carbocycles. The van der Waals surface area contributed by atoms with Crippen LogP contribution in [0.15, 0.2) is 53.4 Å². The lowest BCUT2D eigenvalue weighted by molar-refractivity contribution is -0.121. The normalized spacial score (nSPS) is 14.5. The fourth-order valence-electron chi connectivity index (χ4n) is 3.33. The van der Waals surface area contributed by atoms with E-state index in [-0.39, 0.29) is 23.1 Å². The summed E-state index contributed by atoms with van der Waals surface area (Å²) in [5.41, 5.74) is 1.39. The molecule has 1 aliphatic rings. The van der Waals surface area contributed by atoms with E-state index in [1.165, 1.54) is 4.31 Å². The third kappa shape index (κ3) is 7.01. The summed E-state index contributed by atoms with van der Waals surface area (Å²) in [4.78, 5) is 24.4. The van der Waals surface area contributed by atoms with E-state index in [1.54, 1.807) is 55.6 Å². The highest BCUT2D eigenvalue weighted by atomic mass is 32.2. The van der Waals surface area contributed by atoms with Gasteiger partial charge in [-0.3, -0.25) is 9.59 Å². The van der Waals surface area contributed by atoms with Crippen LogP contribution in [0.4, 0.5) is 0 Å². The van der Waals surface area contributed by atoms with Crippen molar-refractivity contribution in [3.05, 3.63) is 59.7 Å². The van der Waals surface area contributed by atoms with Gasteiger partial charge in [-0.2, -0.15) is 4.31 Å². The van der Waals surface area contributed by atoms with E-state index in [1.807, 2.05) is 0 Å². The first-order valence-electron chi connectivity index (χ1n) is 10.8. The number of rotatable bonds is 10. The Balaban J connectivity index is 1.37. The van der Waals surface area contributed by atoms with Crippen molar-refractivity contribution in [2.24, 2.45) is 0 Å². The highest BCUT2D eigenvalue weighted by molar-refractivity contribution is 7.89. The van der Waals surface area contributed by atoms with Crippen LogP contribution in [-0.2, 0) is 26.0 Å². The van der Waals surface area contributed by atoms with Gasteiger partial charge in [0.05, 0.1) is 25.2 Å². The Hall–Kier alpha value is -2.95. The van der Waals surface area contributed by atoms with Crippen LogP contribution in [0.5, 0.6) is 5.75 Å². The van der Waals surface area contributed by atoms with Gasteiger partial charge in [-0.15, -0.1) is 0 Å². The van der Waals surface area contributed by atoms with Gasteiger partial charge in [0.15, 0.2) is 0 Å². The standard InChI is InChI=1S/C23H29N3O6S/c1-31-20-7-5-19(6-8-20)23(28)25-13-12-24-22(27)11-4-18-2-9-21(10-3-18)33(29,30)26-14-16-32-17-15-26/h2-3,5-10H,4,11-17H2,1H3,(H,24,27)(H,25,28). The Labute approximate surface area is 194 Å². The van der Waals surface area contributed by atoms with Crippen LogP contribution in [0.25, 0.3) is 0 Å². The third-order valence-electron chi connectivity index (χ3n) is 5.26. The number of aryl methyl sites for hydroxylation is 1. The monoisotopic (exact) mass is 475 g/mol. The molecule has 2 aromatic carbocycles. The minimum absolute atomic E-state index is 0.140. The lowest BCUT2D eigenvalue weighted by Gasteiger charge is -2.26. The molecule has 178 valence electrons. The first kappa shape index (κ1) is 24.7. The molecule has 1 heterocycles. The third-order valence-corrected chi connectivity index (χ3v) is 7.17. The highest BCUT2D eigenvalue weighted by Crippen LogP contribution is 2.18. The topological polar surface area (TPSA) is 114 Å². The van der Waals surface area contributed by atoms with Crippen molar-refractivity contribution in [2.75, 3.05) is 46.5 Å². The molecule has 1 fully saturated rings. The van der Waals surface area contributed by atoms with Gasteiger partial charge in [-0.05, 0) is 48.4 Å². The molecular formula is C23H29N3O6S. The summed E-state index contributed by atoms with van der Waals surface area (Å²) < 4.78 is 37.0. The van der Waals surface area contributed by atoms with Crippen LogP contribution in [0.3, 0.4) is 0 Å². The largest absolute Gasteiger partial charge is 0.497 e. The molecule has 0 aromatic heterocycles. The number of morpholine rings is 1. The van der Waals surface area contributed by atoms with Gasteiger partial charge in [-0.1, -0.05) is 12.1 Å². The van der Waals surface area contributed by atoms with Crippen molar-refractivity contribution in [3.8, 4) is 5.75 Å². The maximum Gasteiger partial charge on any atom is 0.251 e. The first-order valence-corrected chi connectivity index (χ1v) is 12.2. The Kier molecular flexibility index (Phi) is 8.81. The van der Waals surface area contributed by atoms with Gasteiger partial charge >= 0.3 is 0 Å². The molecule has 9 nitrogen and oxygen atoms in total. The molecule has 1 aliphatic heterocycles. The molecule has 0 saturated carbocycles. The van der Waals surface area contributed by atoms with Gasteiger partial charge in [-0.25, -0.2) is 8.42 Å². The van der Waals surface area contributed by atoms with E-state index >= 15 is 0 Å². The quantitative estimate of drug-likeness (QED) is 0.499. The number of nitrogens with zero attached hydrogens (tertiary/aromatic N) is 1. The van der Waals surface area contributed by atoms with E-state index < -0.39 is 10.0 Å². The van der Waals surface area contributed by atoms with Gasteiger partial charge in [0.1, 0.15) is 5.75 Å². The summed E-state index contributed by atoms with van der Waals surface area (Å²) in [6, 6.07) is 13.4. The Morgan fingerprint density at radius 2 is 1.61 bits per heavy atom. The average Bonchev–Trinajstić information content (AvgIpc) is 2.86. The van der Waals surface area contributed by atoms with Crippen LogP contribution < -0.4 is 15.4 Å². The second kappa shape index (κ2) is 11.8. The maximum atomic E-state index is 12.6. The van der Waals surface area contributed by atoms with Gasteiger partial charge in [0.2, 0.25) is 15.9 Å². The number of methoxy groups -OCH3 is 1. The Bertz CT molecular complexity index is 1030. The van der Waals surface area contributed by atoms with Crippen LogP contribution in [0.1, 0.15) is 22.3 Å². The van der Waals surface area contributed by atoms with E-state index in [4.69, 9.17) is 9.47 Å². The van der Waals surface area contributed by atoms with Crippen molar-refractivity contribution < 1.29 is 27.5 Å². The van der Waals surface area contributed by atoms with E-state index in [0.717, 1.165) is 5.56 Å². The van der Waals surface area contributed by atoms with Gasteiger partial charge in [0, 0.05) is 38.2 Å². The number of benzene rings is 2. The fraction of sp³-hybridized carbons (Fsp3) is 0.391. The van der Waals surface area contributed by atoms with E-state index in [0.29, 0.717) is 57.1 Å². The van der Waals surface area contributed by atoms with Crippen LogP contribution in [0, 0.1) is 0 Å². The van der Waals surface area contributed by atoms with Gasteiger partial charge < -0.3 is 20.1 Å². The number of amides is 2. The zero-order valence-corrected chi connectivity index (χ0v) is 19.4. The van der Waals surface area contributed by atoms with Crippen molar-refractivity contribution in [2.45, 2.75) is 17.7 Å². The predicted molar refractivity (Wildman–Crippen MR) is 123 cm³/mol. The molecule has 0 unspecified atom stereocenters. The number of hydrogen-bond donors (Lipinski definition) is 2. The fourth-order valence-corrected chi connectivity index (χ4v) is 4.74. The summed E-state index contributed by atoms with van der Waals surface area (Å²) in [5, 5.41) is 5.52. The summed E-state index contributed by atoms with van der Waals surface area (Å²) in [6.45, 7) is 2.13. The second-order valence-corrected chi connectivity index (χ2v) is 9.43. The number of carbonyl (C=O) groups is 2. The number of hydrogen-bond acceptors (Lipinski definition) is 6. The zero-order valence-electron chi connectivity index (χ0n) is 18.6. The number of sulfonamides is 1. The molecule has 1 saturated heterocycles. The molecule has 0 atom stereocenters. The first-order chi connectivity index (χ1) is 15.9. The van der Waals surface area contributed by atoms with Crippen molar-refractivity contribution >= 4 is 21.8 Å². The Morgan fingerprint density at radius 1 is 0.970 bits per heavy atom. The highest BCUT2D eigenvalue weighted by Gasteiger charge is 2.26. The average molecular weight is 476 g/mol. The molecule has 33 heavy (non-hydrogen) atoms. The van der Waals surface area contributed by atoms with Crippen molar-refractivity contribution in [1.82, 2.24) is 14.9 Å².